The first-order valence-corrected chi connectivity index (χ1v) is 9.68. The Hall–Kier alpha value is -1.55. The molecule has 0 atom stereocenters. The maximum Gasteiger partial charge on any atom is 0.242 e. The normalized spacial score (nSPS) is 16.8. The molecule has 2 N–H and O–H groups in total. The van der Waals surface area contributed by atoms with Gasteiger partial charge in [0.1, 0.15) is 4.90 Å². The summed E-state index contributed by atoms with van der Waals surface area (Å²) in [5, 5.41) is 8.34. The van der Waals surface area contributed by atoms with Gasteiger partial charge in [0, 0.05) is 51.4 Å². The zero-order valence-corrected chi connectivity index (χ0v) is 14.9. The largest absolute Gasteiger partial charge is 0.314 e. The van der Waals surface area contributed by atoms with Crippen LogP contribution in [-0.2, 0) is 17.1 Å². The molecule has 0 bridgehead atoms. The number of nitrogens with one attached hydrogen (secondary N) is 2. The van der Waals surface area contributed by atoms with Crippen LogP contribution in [0.25, 0.3) is 11.0 Å². The maximum absolute atomic E-state index is 12.4. The molecule has 1 aliphatic rings. The van der Waals surface area contributed by atoms with E-state index in [1.807, 2.05) is 6.92 Å². The lowest BCUT2D eigenvalue weighted by atomic mass is 10.3. The van der Waals surface area contributed by atoms with Crippen LogP contribution in [0.5, 0.6) is 0 Å². The second kappa shape index (κ2) is 7.14. The van der Waals surface area contributed by atoms with Crippen molar-refractivity contribution in [1.29, 1.82) is 0 Å². The number of rotatable bonds is 6. The highest BCUT2D eigenvalue weighted by atomic mass is 32.2. The lowest BCUT2D eigenvalue weighted by molar-refractivity contribution is 0.239. The van der Waals surface area contributed by atoms with E-state index in [4.69, 9.17) is 0 Å². The molecule has 24 heavy (non-hydrogen) atoms. The summed E-state index contributed by atoms with van der Waals surface area (Å²) in [5.41, 5.74) is 1.46. The van der Waals surface area contributed by atoms with Gasteiger partial charge in [-0.15, -0.1) is 0 Å². The number of hydrogen-bond donors (Lipinski definition) is 2. The summed E-state index contributed by atoms with van der Waals surface area (Å²) in [6.07, 6.45) is 2.18. The first kappa shape index (κ1) is 17.3. The number of fused-ring (bicyclic) bond motifs is 1. The van der Waals surface area contributed by atoms with Crippen LogP contribution in [0.1, 0.15) is 12.1 Å². The van der Waals surface area contributed by atoms with Crippen LogP contribution in [-0.4, -0.2) is 67.4 Å². The van der Waals surface area contributed by atoms with E-state index in [-0.39, 0.29) is 4.90 Å². The van der Waals surface area contributed by atoms with Crippen LogP contribution in [0.3, 0.4) is 0 Å². The van der Waals surface area contributed by atoms with Gasteiger partial charge >= 0.3 is 0 Å². The summed E-state index contributed by atoms with van der Waals surface area (Å²) in [4.78, 5) is 6.77. The fraction of sp³-hybridized carbons (Fsp3) is 0.600. The smallest absolute Gasteiger partial charge is 0.242 e. The predicted molar refractivity (Wildman–Crippen MR) is 92.4 cm³/mol. The SMILES string of the molecule is Cc1nn(C)c2ncc(S(=O)(=O)NCCCN3CCNCC3)cc12. The summed E-state index contributed by atoms with van der Waals surface area (Å²) in [5.74, 6) is 0. The van der Waals surface area contributed by atoms with Crippen molar-refractivity contribution in [3.05, 3.63) is 18.0 Å². The fourth-order valence-corrected chi connectivity index (χ4v) is 4.01. The molecule has 2 aromatic rings. The van der Waals surface area contributed by atoms with E-state index >= 15 is 0 Å². The van der Waals surface area contributed by atoms with Gasteiger partial charge in [0.15, 0.2) is 5.65 Å². The molecular weight excluding hydrogens is 328 g/mol. The lowest BCUT2D eigenvalue weighted by Gasteiger charge is -2.27. The van der Waals surface area contributed by atoms with Crippen molar-refractivity contribution in [2.75, 3.05) is 39.3 Å². The molecule has 1 saturated heterocycles. The molecule has 1 fully saturated rings. The predicted octanol–water partition coefficient (Wildman–Crippen LogP) is -0.150. The first-order valence-electron chi connectivity index (χ1n) is 8.19. The van der Waals surface area contributed by atoms with Gasteiger partial charge in [0.2, 0.25) is 10.0 Å². The summed E-state index contributed by atoms with van der Waals surface area (Å²) in [6, 6.07) is 1.64. The van der Waals surface area contributed by atoms with E-state index in [0.717, 1.165) is 50.2 Å². The van der Waals surface area contributed by atoms with E-state index in [2.05, 4.69) is 25.0 Å². The Balaban J connectivity index is 1.61. The molecule has 0 aromatic carbocycles. The number of piperazine rings is 1. The summed E-state index contributed by atoms with van der Waals surface area (Å²) < 4.78 is 29.2. The Morgan fingerprint density at radius 2 is 2.08 bits per heavy atom. The molecule has 3 rings (SSSR count). The van der Waals surface area contributed by atoms with Gasteiger partial charge in [-0.25, -0.2) is 18.1 Å². The molecule has 0 aliphatic carbocycles. The van der Waals surface area contributed by atoms with Gasteiger partial charge in [-0.2, -0.15) is 5.10 Å². The van der Waals surface area contributed by atoms with Crippen molar-refractivity contribution in [3.63, 3.8) is 0 Å². The molecular formula is C15H24N6O2S. The van der Waals surface area contributed by atoms with E-state index in [0.29, 0.717) is 12.2 Å². The Bertz CT molecular complexity index is 811. The molecule has 0 spiro atoms. The van der Waals surface area contributed by atoms with E-state index in [1.165, 1.54) is 6.20 Å². The molecule has 0 radical (unpaired) electrons. The molecule has 132 valence electrons. The van der Waals surface area contributed by atoms with Crippen LogP contribution in [0.2, 0.25) is 0 Å². The van der Waals surface area contributed by atoms with Crippen LogP contribution in [0, 0.1) is 6.92 Å². The zero-order valence-electron chi connectivity index (χ0n) is 14.1. The van der Waals surface area contributed by atoms with Crippen molar-refractivity contribution in [1.82, 2.24) is 29.7 Å². The van der Waals surface area contributed by atoms with Gasteiger partial charge in [-0.3, -0.25) is 4.68 Å². The van der Waals surface area contributed by atoms with Crippen LogP contribution in [0.15, 0.2) is 17.2 Å². The van der Waals surface area contributed by atoms with Crippen molar-refractivity contribution in [3.8, 4) is 0 Å². The highest BCUT2D eigenvalue weighted by Crippen LogP contribution is 2.19. The third kappa shape index (κ3) is 3.75. The quantitative estimate of drug-likeness (QED) is 0.703. The topological polar surface area (TPSA) is 92.1 Å². The summed E-state index contributed by atoms with van der Waals surface area (Å²) in [6.45, 7) is 7.23. The second-order valence-corrected chi connectivity index (χ2v) is 7.86. The standard InChI is InChI=1S/C15H24N6O2S/c1-12-14-10-13(11-17-15(14)20(2)19-12)24(22,23)18-4-3-7-21-8-5-16-6-9-21/h10-11,16,18H,3-9H2,1-2H3. The van der Waals surface area contributed by atoms with Crippen LogP contribution < -0.4 is 10.0 Å². The molecule has 0 unspecified atom stereocenters. The van der Waals surface area contributed by atoms with Crippen LogP contribution in [0.4, 0.5) is 0 Å². The maximum atomic E-state index is 12.4. The highest BCUT2D eigenvalue weighted by Gasteiger charge is 2.17. The lowest BCUT2D eigenvalue weighted by Crippen LogP contribution is -2.44. The average Bonchev–Trinajstić information content (AvgIpc) is 2.87. The third-order valence-corrected chi connectivity index (χ3v) is 5.73. The van der Waals surface area contributed by atoms with E-state index < -0.39 is 10.0 Å². The molecule has 2 aromatic heterocycles. The summed E-state index contributed by atoms with van der Waals surface area (Å²) in [7, 11) is -1.75. The Morgan fingerprint density at radius 1 is 1.33 bits per heavy atom. The number of aromatic nitrogens is 3. The zero-order chi connectivity index (χ0) is 17.2. The molecule has 0 saturated carbocycles. The van der Waals surface area contributed by atoms with Gasteiger partial charge in [-0.1, -0.05) is 0 Å². The highest BCUT2D eigenvalue weighted by molar-refractivity contribution is 7.89. The molecule has 0 amide bonds. The molecule has 8 nitrogen and oxygen atoms in total. The van der Waals surface area contributed by atoms with Crippen molar-refractivity contribution >= 4 is 21.1 Å². The number of nitrogens with zero attached hydrogens (tertiary/aromatic N) is 4. The first-order chi connectivity index (χ1) is 11.5. The Morgan fingerprint density at radius 3 is 2.83 bits per heavy atom. The minimum Gasteiger partial charge on any atom is -0.314 e. The van der Waals surface area contributed by atoms with Gasteiger partial charge in [0.25, 0.3) is 0 Å². The second-order valence-electron chi connectivity index (χ2n) is 6.09. The third-order valence-electron chi connectivity index (χ3n) is 4.30. The minimum absolute atomic E-state index is 0.188. The molecule has 1 aliphatic heterocycles. The monoisotopic (exact) mass is 352 g/mol. The molecule has 9 heteroatoms. The number of hydrogen-bond acceptors (Lipinski definition) is 6. The van der Waals surface area contributed by atoms with E-state index in [9.17, 15) is 8.42 Å². The van der Waals surface area contributed by atoms with Crippen molar-refractivity contribution < 1.29 is 8.42 Å². The Labute approximate surface area is 142 Å². The van der Waals surface area contributed by atoms with Crippen LogP contribution >= 0.6 is 0 Å². The van der Waals surface area contributed by atoms with Gasteiger partial charge in [-0.05, 0) is 26.0 Å². The molecule has 3 heterocycles. The minimum atomic E-state index is -3.54. The summed E-state index contributed by atoms with van der Waals surface area (Å²) >= 11 is 0. The average molecular weight is 352 g/mol. The number of aryl methyl sites for hydroxylation is 2. The van der Waals surface area contributed by atoms with E-state index in [1.54, 1.807) is 17.8 Å². The van der Waals surface area contributed by atoms with Crippen molar-refractivity contribution in [2.45, 2.75) is 18.2 Å². The van der Waals surface area contributed by atoms with Crippen molar-refractivity contribution in [2.24, 2.45) is 7.05 Å². The fourth-order valence-electron chi connectivity index (χ4n) is 2.96. The number of pyridine rings is 1. The Kier molecular flexibility index (Phi) is 5.14. The van der Waals surface area contributed by atoms with Gasteiger partial charge in [0.05, 0.1) is 5.69 Å². The number of sulfonamides is 1. The van der Waals surface area contributed by atoms with Gasteiger partial charge < -0.3 is 10.2 Å².